The highest BCUT2D eigenvalue weighted by atomic mass is 31.2. The number of carbonyl (C=O) groups excluding carboxylic acids is 2. The minimum absolute atomic E-state index is 0.0177. The number of esters is 2. The molecule has 0 amide bonds. The summed E-state index contributed by atoms with van der Waals surface area (Å²) >= 11 is 0. The summed E-state index contributed by atoms with van der Waals surface area (Å²) in [5.74, 6) is -0.871. The van der Waals surface area contributed by atoms with Crippen molar-refractivity contribution in [3.63, 3.8) is 0 Å². The third kappa shape index (κ3) is 46.9. The van der Waals surface area contributed by atoms with Gasteiger partial charge in [0.25, 0.3) is 0 Å². The van der Waals surface area contributed by atoms with Gasteiger partial charge in [-0.1, -0.05) is 177 Å². The number of quaternary nitrogens is 1. The number of unbranched alkanes of at least 4 members (excludes halogenated alkanes) is 18. The molecule has 0 rings (SSSR count). The SMILES string of the molecule is CC/C=C\C/C=C\C/C=C\C/C=C\C/C=C\CCCC(=O)OC(COC(=O)CCCCCCCCCCC/C=C\CCCCCCCCCC)COP(=O)(O)OCC[N+](C)(C)C. The van der Waals surface area contributed by atoms with Crippen LogP contribution in [-0.4, -0.2) is 74.9 Å². The number of nitrogens with zero attached hydrogens (tertiary/aromatic N) is 1. The van der Waals surface area contributed by atoms with Crippen LogP contribution in [0.15, 0.2) is 72.9 Å². The summed E-state index contributed by atoms with van der Waals surface area (Å²) in [6.07, 6.45) is 55.4. The lowest BCUT2D eigenvalue weighted by Gasteiger charge is -2.24. The second-order valence-electron chi connectivity index (χ2n) is 17.5. The molecule has 0 saturated heterocycles. The molecule has 0 aliphatic carbocycles. The molecule has 10 heteroatoms. The van der Waals surface area contributed by atoms with E-state index in [0.717, 1.165) is 51.4 Å². The van der Waals surface area contributed by atoms with Gasteiger partial charge in [0.05, 0.1) is 27.7 Å². The Labute approximate surface area is 380 Å². The monoisotopic (exact) mass is 891 g/mol. The van der Waals surface area contributed by atoms with E-state index < -0.39 is 26.5 Å². The maximum Gasteiger partial charge on any atom is 0.472 e. The lowest BCUT2D eigenvalue weighted by Crippen LogP contribution is -2.37. The Hall–Kier alpha value is -2.55. The molecule has 0 aromatic heterocycles. The molecule has 0 aromatic carbocycles. The highest BCUT2D eigenvalue weighted by Crippen LogP contribution is 2.43. The molecule has 0 heterocycles. The fourth-order valence-corrected chi connectivity index (χ4v) is 7.14. The minimum atomic E-state index is -4.40. The first-order chi connectivity index (χ1) is 30.0. The van der Waals surface area contributed by atoms with Crippen LogP contribution in [0.4, 0.5) is 0 Å². The number of likely N-dealkylation sites (N-methyl/N-ethyl adjacent to an activating group) is 1. The van der Waals surface area contributed by atoms with Crippen molar-refractivity contribution in [1.82, 2.24) is 0 Å². The standard InChI is InChI=1S/C52H92NO8P/c1-6-8-10-12-14-16-18-20-22-24-25-26-27-29-30-32-34-36-38-40-42-44-51(54)58-48-50(49-60-62(56,57)59-47-46-53(3,4)5)61-52(55)45-43-41-39-37-35-33-31-28-23-21-19-17-15-13-11-9-7-2/h9,11,15,17,21,23-25,31,33,37,39,50H,6-8,10,12-14,16,18-20,22,26-30,32,34-36,38,40-49H2,1-5H3/p+1/b11-9-,17-15-,23-21-,25-24-,33-31-,39-37-. The van der Waals surface area contributed by atoms with Crippen molar-refractivity contribution in [3.8, 4) is 0 Å². The van der Waals surface area contributed by atoms with E-state index in [1.54, 1.807) is 0 Å². The van der Waals surface area contributed by atoms with Gasteiger partial charge in [-0.25, -0.2) is 4.57 Å². The predicted octanol–water partition coefficient (Wildman–Crippen LogP) is 14.6. The molecule has 0 saturated carbocycles. The fraction of sp³-hybridized carbons (Fsp3) is 0.731. The molecule has 0 aromatic rings. The van der Waals surface area contributed by atoms with Crippen LogP contribution in [0, 0.1) is 0 Å². The van der Waals surface area contributed by atoms with Crippen LogP contribution in [-0.2, 0) is 32.7 Å². The van der Waals surface area contributed by atoms with Crippen molar-refractivity contribution in [3.05, 3.63) is 72.9 Å². The summed E-state index contributed by atoms with van der Waals surface area (Å²) in [6, 6.07) is 0. The molecule has 2 unspecified atom stereocenters. The third-order valence-electron chi connectivity index (χ3n) is 10.2. The summed E-state index contributed by atoms with van der Waals surface area (Å²) in [5, 5.41) is 0. The maximum absolute atomic E-state index is 12.7. The molecule has 0 spiro atoms. The minimum Gasteiger partial charge on any atom is -0.462 e. The summed E-state index contributed by atoms with van der Waals surface area (Å²) in [7, 11) is 1.43. The molecule has 0 bridgehead atoms. The molecule has 0 aliphatic heterocycles. The number of phosphoric ester groups is 1. The number of hydrogen-bond donors (Lipinski definition) is 1. The van der Waals surface area contributed by atoms with Gasteiger partial charge < -0.3 is 18.9 Å². The molecule has 358 valence electrons. The average molecular weight is 891 g/mol. The zero-order chi connectivity index (χ0) is 45.7. The summed E-state index contributed by atoms with van der Waals surface area (Å²) < 4.78 is 34.3. The van der Waals surface area contributed by atoms with Gasteiger partial charge in [-0.15, -0.1) is 0 Å². The third-order valence-corrected chi connectivity index (χ3v) is 11.2. The van der Waals surface area contributed by atoms with Gasteiger partial charge in [-0.05, 0) is 77.0 Å². The smallest absolute Gasteiger partial charge is 0.462 e. The topological polar surface area (TPSA) is 108 Å². The largest absolute Gasteiger partial charge is 0.472 e. The molecule has 0 fully saturated rings. The van der Waals surface area contributed by atoms with E-state index in [0.29, 0.717) is 23.9 Å². The van der Waals surface area contributed by atoms with Gasteiger partial charge in [0, 0.05) is 12.8 Å². The Bertz CT molecular complexity index is 1280. The van der Waals surface area contributed by atoms with Gasteiger partial charge in [0.1, 0.15) is 19.8 Å². The van der Waals surface area contributed by atoms with Gasteiger partial charge in [0.15, 0.2) is 6.10 Å². The Morgan fingerprint density at radius 1 is 0.516 bits per heavy atom. The second-order valence-corrected chi connectivity index (χ2v) is 18.9. The van der Waals surface area contributed by atoms with Crippen LogP contribution in [0.3, 0.4) is 0 Å². The van der Waals surface area contributed by atoms with E-state index in [9.17, 15) is 19.0 Å². The van der Waals surface area contributed by atoms with Crippen molar-refractivity contribution in [2.24, 2.45) is 0 Å². The number of phosphoric acid groups is 1. The lowest BCUT2D eigenvalue weighted by molar-refractivity contribution is -0.870. The van der Waals surface area contributed by atoms with Crippen molar-refractivity contribution < 1.29 is 42.1 Å². The molecule has 62 heavy (non-hydrogen) atoms. The first-order valence-electron chi connectivity index (χ1n) is 24.7. The van der Waals surface area contributed by atoms with Gasteiger partial charge in [-0.3, -0.25) is 18.6 Å². The molecule has 0 radical (unpaired) electrons. The van der Waals surface area contributed by atoms with Crippen LogP contribution in [0.1, 0.15) is 194 Å². The summed E-state index contributed by atoms with van der Waals surface area (Å²) in [6.45, 7) is 4.24. The van der Waals surface area contributed by atoms with Crippen LogP contribution in [0.2, 0.25) is 0 Å². The lowest BCUT2D eigenvalue weighted by atomic mass is 10.1. The Kier molecular flexibility index (Phi) is 41.9. The number of ether oxygens (including phenoxy) is 2. The molecular formula is C52H93NO8P+. The number of rotatable bonds is 44. The first kappa shape index (κ1) is 59.5. The van der Waals surface area contributed by atoms with Gasteiger partial charge in [-0.2, -0.15) is 0 Å². The normalized spacial score (nSPS) is 14.1. The predicted molar refractivity (Wildman–Crippen MR) is 261 cm³/mol. The number of hydrogen-bond acceptors (Lipinski definition) is 7. The highest BCUT2D eigenvalue weighted by Gasteiger charge is 2.27. The Morgan fingerprint density at radius 3 is 1.44 bits per heavy atom. The zero-order valence-electron chi connectivity index (χ0n) is 40.3. The summed E-state index contributed by atoms with van der Waals surface area (Å²) in [4.78, 5) is 35.5. The number of allylic oxidation sites excluding steroid dienone is 12. The van der Waals surface area contributed by atoms with Gasteiger partial charge >= 0.3 is 19.8 Å². The van der Waals surface area contributed by atoms with E-state index >= 15 is 0 Å². The number of carbonyl (C=O) groups is 2. The molecule has 0 aliphatic rings. The fourth-order valence-electron chi connectivity index (χ4n) is 6.40. The van der Waals surface area contributed by atoms with E-state index in [2.05, 4.69) is 80.7 Å². The summed E-state index contributed by atoms with van der Waals surface area (Å²) in [5.41, 5.74) is 0. The van der Waals surface area contributed by atoms with Crippen molar-refractivity contribution >= 4 is 19.8 Å². The molecular weight excluding hydrogens is 798 g/mol. The molecule has 2 atom stereocenters. The molecule has 9 nitrogen and oxygen atoms in total. The van der Waals surface area contributed by atoms with E-state index in [-0.39, 0.29) is 32.0 Å². The second kappa shape index (κ2) is 43.7. The zero-order valence-corrected chi connectivity index (χ0v) is 41.2. The van der Waals surface area contributed by atoms with Crippen LogP contribution >= 0.6 is 7.82 Å². The molecule has 1 N–H and O–H groups in total. The van der Waals surface area contributed by atoms with E-state index in [1.165, 1.54) is 103 Å². The average Bonchev–Trinajstić information content (AvgIpc) is 3.23. The Morgan fingerprint density at radius 2 is 0.935 bits per heavy atom. The van der Waals surface area contributed by atoms with Crippen LogP contribution in [0.5, 0.6) is 0 Å². The highest BCUT2D eigenvalue weighted by molar-refractivity contribution is 7.47. The quantitative estimate of drug-likeness (QED) is 0.0212. The van der Waals surface area contributed by atoms with Crippen LogP contribution < -0.4 is 0 Å². The van der Waals surface area contributed by atoms with Crippen LogP contribution in [0.25, 0.3) is 0 Å². The van der Waals surface area contributed by atoms with Crippen molar-refractivity contribution in [2.75, 3.05) is 47.5 Å². The van der Waals surface area contributed by atoms with Gasteiger partial charge in [0.2, 0.25) is 0 Å². The first-order valence-corrected chi connectivity index (χ1v) is 26.2. The van der Waals surface area contributed by atoms with E-state index in [1.807, 2.05) is 27.2 Å². The Balaban J connectivity index is 4.35. The van der Waals surface area contributed by atoms with Crippen molar-refractivity contribution in [2.45, 2.75) is 200 Å². The van der Waals surface area contributed by atoms with E-state index in [4.69, 9.17) is 18.5 Å². The maximum atomic E-state index is 12.7. The van der Waals surface area contributed by atoms with Crippen molar-refractivity contribution in [1.29, 1.82) is 0 Å².